The van der Waals surface area contributed by atoms with Gasteiger partial charge < -0.3 is 14.6 Å². The van der Waals surface area contributed by atoms with Crippen molar-refractivity contribution in [1.29, 1.82) is 0 Å². The zero-order valence-electron chi connectivity index (χ0n) is 22.2. The Morgan fingerprint density at radius 3 is 2.34 bits per heavy atom. The highest BCUT2D eigenvalue weighted by Gasteiger charge is 2.16. The number of esters is 1. The number of ether oxygens (including phenoxy) is 2. The molecule has 0 bridgehead atoms. The molecule has 4 nitrogen and oxygen atoms in total. The maximum absolute atomic E-state index is 15.4. The fraction of sp³-hybridized carbons (Fsp3) is 0.364. The minimum absolute atomic E-state index is 0.0646. The van der Waals surface area contributed by atoms with Crippen molar-refractivity contribution in [2.45, 2.75) is 57.8 Å². The minimum atomic E-state index is -0.464. The summed E-state index contributed by atoms with van der Waals surface area (Å²) < 4.78 is 26.4. The van der Waals surface area contributed by atoms with Gasteiger partial charge in [-0.2, -0.15) is 0 Å². The Morgan fingerprint density at radius 1 is 0.947 bits per heavy atom. The van der Waals surface area contributed by atoms with Crippen molar-refractivity contribution in [2.24, 2.45) is 0 Å². The lowest BCUT2D eigenvalue weighted by Gasteiger charge is -2.22. The topological polar surface area (TPSA) is 55.8 Å². The molecule has 1 aliphatic rings. The molecule has 4 rings (SSSR count). The molecule has 38 heavy (non-hydrogen) atoms. The standard InChI is InChI=1S/C33H37FO4/c1-23(2)33(36)38-20-19-37-32-22-29(15-14-27(32)9-6-18-35)30-17-16-28(21-31(30)34)26-12-10-25(11-13-26)24-7-4-3-5-8-24/h10-17,21-22,24,35H,1,3-9,18-20H2,2H3. The second-order valence-corrected chi connectivity index (χ2v) is 10.1. The van der Waals surface area contributed by atoms with Crippen LogP contribution in [0.4, 0.5) is 4.39 Å². The number of aliphatic hydroxyl groups excluding tert-OH is 1. The van der Waals surface area contributed by atoms with Gasteiger partial charge in [-0.3, -0.25) is 0 Å². The number of aliphatic hydroxyl groups is 1. The molecule has 0 heterocycles. The monoisotopic (exact) mass is 516 g/mol. The van der Waals surface area contributed by atoms with Gasteiger partial charge in [0.25, 0.3) is 0 Å². The van der Waals surface area contributed by atoms with Crippen molar-refractivity contribution < 1.29 is 23.8 Å². The molecule has 5 heteroatoms. The number of benzene rings is 3. The predicted molar refractivity (Wildman–Crippen MR) is 150 cm³/mol. The van der Waals surface area contributed by atoms with Gasteiger partial charge in [0.05, 0.1) is 0 Å². The minimum Gasteiger partial charge on any atom is -0.490 e. The molecule has 0 amide bonds. The SMILES string of the molecule is C=C(C)C(=O)OCCOc1cc(-c2ccc(-c3ccc(C4CCCCC4)cc3)cc2F)ccc1CCCO. The van der Waals surface area contributed by atoms with Gasteiger partial charge in [-0.05, 0) is 78.5 Å². The molecule has 0 unspecified atom stereocenters. The molecule has 3 aromatic carbocycles. The molecule has 0 atom stereocenters. The van der Waals surface area contributed by atoms with E-state index >= 15 is 4.39 Å². The summed E-state index contributed by atoms with van der Waals surface area (Å²) in [6.07, 6.45) is 7.66. The van der Waals surface area contributed by atoms with Crippen LogP contribution in [0.15, 0.2) is 72.8 Å². The van der Waals surface area contributed by atoms with Crippen molar-refractivity contribution >= 4 is 5.97 Å². The lowest BCUT2D eigenvalue weighted by molar-refractivity contribution is -0.139. The first kappa shape index (κ1) is 27.6. The zero-order valence-corrected chi connectivity index (χ0v) is 22.2. The normalized spacial score (nSPS) is 13.8. The van der Waals surface area contributed by atoms with Gasteiger partial charge in [-0.15, -0.1) is 0 Å². The second-order valence-electron chi connectivity index (χ2n) is 10.1. The fourth-order valence-electron chi connectivity index (χ4n) is 5.05. The van der Waals surface area contributed by atoms with Crippen LogP contribution in [0.2, 0.25) is 0 Å². The highest BCUT2D eigenvalue weighted by atomic mass is 19.1. The van der Waals surface area contributed by atoms with E-state index in [1.807, 2.05) is 24.3 Å². The van der Waals surface area contributed by atoms with Crippen LogP contribution < -0.4 is 4.74 Å². The van der Waals surface area contributed by atoms with E-state index in [-0.39, 0.29) is 25.6 Å². The number of hydrogen-bond acceptors (Lipinski definition) is 4. The molecule has 1 fully saturated rings. The highest BCUT2D eigenvalue weighted by Crippen LogP contribution is 2.35. The first-order valence-corrected chi connectivity index (χ1v) is 13.6. The molecule has 0 saturated heterocycles. The summed E-state index contributed by atoms with van der Waals surface area (Å²) in [4.78, 5) is 11.6. The summed E-state index contributed by atoms with van der Waals surface area (Å²) >= 11 is 0. The fourth-order valence-corrected chi connectivity index (χ4v) is 5.05. The third-order valence-corrected chi connectivity index (χ3v) is 7.19. The van der Waals surface area contributed by atoms with Crippen molar-refractivity contribution in [2.75, 3.05) is 19.8 Å². The lowest BCUT2D eigenvalue weighted by Crippen LogP contribution is -2.13. The van der Waals surface area contributed by atoms with Crippen LogP contribution in [0.1, 0.15) is 62.5 Å². The Labute approximate surface area is 225 Å². The third kappa shape index (κ3) is 7.11. The summed E-state index contributed by atoms with van der Waals surface area (Å²) in [5.74, 6) is 0.466. The Morgan fingerprint density at radius 2 is 1.66 bits per heavy atom. The molecular formula is C33H37FO4. The van der Waals surface area contributed by atoms with E-state index in [2.05, 4.69) is 30.8 Å². The van der Waals surface area contributed by atoms with E-state index in [9.17, 15) is 9.90 Å². The van der Waals surface area contributed by atoms with Crippen LogP contribution in [0.25, 0.3) is 22.3 Å². The summed E-state index contributed by atoms with van der Waals surface area (Å²) in [6, 6.07) is 19.5. The summed E-state index contributed by atoms with van der Waals surface area (Å²) in [5, 5.41) is 9.26. The summed E-state index contributed by atoms with van der Waals surface area (Å²) in [7, 11) is 0. The molecule has 1 N–H and O–H groups in total. The van der Waals surface area contributed by atoms with Crippen LogP contribution >= 0.6 is 0 Å². The Kier molecular flexibility index (Phi) is 9.72. The van der Waals surface area contributed by atoms with Gasteiger partial charge in [0.15, 0.2) is 0 Å². The van der Waals surface area contributed by atoms with E-state index in [1.165, 1.54) is 37.7 Å². The van der Waals surface area contributed by atoms with Gasteiger partial charge >= 0.3 is 5.97 Å². The van der Waals surface area contributed by atoms with Gasteiger partial charge in [0.1, 0.15) is 24.8 Å². The van der Waals surface area contributed by atoms with Crippen LogP contribution in [0.3, 0.4) is 0 Å². The number of rotatable bonds is 11. The molecule has 1 aliphatic carbocycles. The second kappa shape index (κ2) is 13.4. The van der Waals surface area contributed by atoms with Crippen molar-refractivity contribution in [3.8, 4) is 28.0 Å². The van der Waals surface area contributed by atoms with E-state index in [0.717, 1.165) is 16.7 Å². The van der Waals surface area contributed by atoms with E-state index in [1.54, 1.807) is 19.1 Å². The van der Waals surface area contributed by atoms with Gasteiger partial charge in [-0.25, -0.2) is 9.18 Å². The number of aryl methyl sites for hydroxylation is 1. The predicted octanol–water partition coefficient (Wildman–Crippen LogP) is 7.63. The van der Waals surface area contributed by atoms with Crippen LogP contribution in [-0.2, 0) is 16.0 Å². The molecule has 0 spiro atoms. The van der Waals surface area contributed by atoms with Gasteiger partial charge in [-0.1, -0.05) is 74.4 Å². The number of carbonyl (C=O) groups excluding carboxylic acids is 1. The number of halogens is 1. The summed E-state index contributed by atoms with van der Waals surface area (Å²) in [6.45, 7) is 5.46. The molecule has 0 radical (unpaired) electrons. The van der Waals surface area contributed by atoms with E-state index in [4.69, 9.17) is 9.47 Å². The maximum Gasteiger partial charge on any atom is 0.333 e. The number of hydrogen-bond donors (Lipinski definition) is 1. The zero-order chi connectivity index (χ0) is 26.9. The van der Waals surface area contributed by atoms with Crippen molar-refractivity contribution in [3.63, 3.8) is 0 Å². The summed E-state index contributed by atoms with van der Waals surface area (Å²) in [5.41, 5.74) is 5.65. The number of carbonyl (C=O) groups is 1. The molecule has 3 aromatic rings. The average Bonchev–Trinajstić information content (AvgIpc) is 2.95. The van der Waals surface area contributed by atoms with E-state index in [0.29, 0.717) is 41.2 Å². The Hall–Kier alpha value is -3.44. The van der Waals surface area contributed by atoms with Gasteiger partial charge in [0, 0.05) is 17.7 Å². The third-order valence-electron chi connectivity index (χ3n) is 7.19. The molecular weight excluding hydrogens is 479 g/mol. The van der Waals surface area contributed by atoms with Gasteiger partial charge in [0.2, 0.25) is 0 Å². The van der Waals surface area contributed by atoms with Crippen molar-refractivity contribution in [1.82, 2.24) is 0 Å². The Bertz CT molecular complexity index is 1240. The van der Waals surface area contributed by atoms with Crippen LogP contribution in [0.5, 0.6) is 5.75 Å². The Balaban J connectivity index is 1.50. The largest absolute Gasteiger partial charge is 0.490 e. The highest BCUT2D eigenvalue weighted by molar-refractivity contribution is 5.86. The molecule has 1 saturated carbocycles. The lowest BCUT2D eigenvalue weighted by atomic mass is 9.83. The van der Waals surface area contributed by atoms with Crippen molar-refractivity contribution in [3.05, 3.63) is 89.8 Å². The average molecular weight is 517 g/mol. The molecule has 0 aromatic heterocycles. The maximum atomic E-state index is 15.4. The van der Waals surface area contributed by atoms with Crippen LogP contribution in [0, 0.1) is 5.82 Å². The molecule has 200 valence electrons. The quantitative estimate of drug-likeness (QED) is 0.162. The smallest absolute Gasteiger partial charge is 0.333 e. The van der Waals surface area contributed by atoms with Crippen LogP contribution in [-0.4, -0.2) is 30.9 Å². The molecule has 0 aliphatic heterocycles. The van der Waals surface area contributed by atoms with E-state index < -0.39 is 5.97 Å². The first-order chi connectivity index (χ1) is 18.5. The first-order valence-electron chi connectivity index (χ1n) is 13.6.